The van der Waals surface area contributed by atoms with Crippen LogP contribution in [0.4, 0.5) is 5.69 Å². The number of methoxy groups -OCH3 is 2. The van der Waals surface area contributed by atoms with Crippen molar-refractivity contribution in [1.29, 1.82) is 0 Å². The summed E-state index contributed by atoms with van der Waals surface area (Å²) >= 11 is 0. The molecule has 0 atom stereocenters. The van der Waals surface area contributed by atoms with Gasteiger partial charge in [0.2, 0.25) is 0 Å². The monoisotopic (exact) mass is 299 g/mol. The number of hydrogen-bond acceptors (Lipinski definition) is 4. The zero-order valence-electron chi connectivity index (χ0n) is 12.7. The molecule has 0 spiro atoms. The summed E-state index contributed by atoms with van der Waals surface area (Å²) in [4.78, 5) is 24.2. The number of nitrogens with one attached hydrogen (secondary N) is 1. The van der Waals surface area contributed by atoms with Crippen LogP contribution in [0.5, 0.6) is 11.5 Å². The van der Waals surface area contributed by atoms with E-state index in [0.29, 0.717) is 22.7 Å². The van der Waals surface area contributed by atoms with Gasteiger partial charge in [-0.05, 0) is 19.1 Å². The molecule has 0 bridgehead atoms. The van der Waals surface area contributed by atoms with E-state index in [0.717, 1.165) is 5.56 Å². The summed E-state index contributed by atoms with van der Waals surface area (Å²) in [5, 5.41) is 2.56. The van der Waals surface area contributed by atoms with Crippen molar-refractivity contribution in [2.75, 3.05) is 19.5 Å². The molecule has 0 unspecified atom stereocenters. The van der Waals surface area contributed by atoms with Gasteiger partial charge in [-0.2, -0.15) is 0 Å². The number of Topliss-reactive ketones (excluding diaryl/α,β-unsaturated/α-hetero) is 1. The molecule has 0 aliphatic heterocycles. The number of aryl methyl sites for hydroxylation is 1. The van der Waals surface area contributed by atoms with Crippen LogP contribution < -0.4 is 14.8 Å². The summed E-state index contributed by atoms with van der Waals surface area (Å²) < 4.78 is 10.3. The minimum atomic E-state index is -0.726. The number of carbonyl (C=O) groups excluding carboxylic acids is 2. The summed E-state index contributed by atoms with van der Waals surface area (Å²) in [5.74, 6) is -0.329. The van der Waals surface area contributed by atoms with Gasteiger partial charge in [0.1, 0.15) is 11.5 Å². The zero-order valence-corrected chi connectivity index (χ0v) is 12.7. The molecule has 0 saturated carbocycles. The molecule has 0 heterocycles. The Labute approximate surface area is 128 Å². The predicted molar refractivity (Wildman–Crippen MR) is 83.7 cm³/mol. The molecule has 0 saturated heterocycles. The lowest BCUT2D eigenvalue weighted by atomic mass is 10.1. The first-order valence-electron chi connectivity index (χ1n) is 6.69. The van der Waals surface area contributed by atoms with Crippen LogP contribution in [0.3, 0.4) is 0 Å². The first-order valence-corrected chi connectivity index (χ1v) is 6.69. The van der Waals surface area contributed by atoms with Gasteiger partial charge in [0.25, 0.3) is 11.7 Å². The highest BCUT2D eigenvalue weighted by molar-refractivity contribution is 6.46. The summed E-state index contributed by atoms with van der Waals surface area (Å²) in [6.45, 7) is 1.91. The molecular weight excluding hydrogens is 282 g/mol. The minimum Gasteiger partial charge on any atom is -0.497 e. The van der Waals surface area contributed by atoms with Crippen LogP contribution in [-0.4, -0.2) is 25.9 Å². The normalized spacial score (nSPS) is 9.95. The van der Waals surface area contributed by atoms with Gasteiger partial charge in [-0.15, -0.1) is 0 Å². The quantitative estimate of drug-likeness (QED) is 0.681. The van der Waals surface area contributed by atoms with Crippen LogP contribution in [0.1, 0.15) is 15.9 Å². The summed E-state index contributed by atoms with van der Waals surface area (Å²) in [6, 6.07) is 11.8. The SMILES string of the molecule is COc1ccc(OC)c(NC(=O)C(=O)c2ccc(C)cc2)c1. The molecule has 0 aliphatic rings. The molecule has 2 aromatic rings. The molecule has 5 heteroatoms. The Morgan fingerprint density at radius 1 is 0.955 bits per heavy atom. The highest BCUT2D eigenvalue weighted by Gasteiger charge is 2.18. The van der Waals surface area contributed by atoms with Crippen molar-refractivity contribution >= 4 is 17.4 Å². The average Bonchev–Trinajstić information content (AvgIpc) is 2.54. The van der Waals surface area contributed by atoms with Gasteiger partial charge in [-0.3, -0.25) is 9.59 Å². The first-order chi connectivity index (χ1) is 10.5. The smallest absolute Gasteiger partial charge is 0.296 e. The maximum atomic E-state index is 12.1. The Kier molecular flexibility index (Phi) is 4.78. The molecule has 2 rings (SSSR count). The Balaban J connectivity index is 2.21. The Hall–Kier alpha value is -2.82. The molecule has 0 fully saturated rings. The summed E-state index contributed by atoms with van der Waals surface area (Å²) in [5.41, 5.74) is 1.74. The third-order valence-corrected chi connectivity index (χ3v) is 3.17. The Bertz CT molecular complexity index is 692. The molecule has 0 aliphatic carbocycles. The van der Waals surface area contributed by atoms with E-state index < -0.39 is 11.7 Å². The van der Waals surface area contributed by atoms with E-state index in [2.05, 4.69) is 5.32 Å². The van der Waals surface area contributed by atoms with Gasteiger partial charge >= 0.3 is 0 Å². The van der Waals surface area contributed by atoms with E-state index in [9.17, 15) is 9.59 Å². The number of hydrogen-bond donors (Lipinski definition) is 1. The first kappa shape index (κ1) is 15.6. The lowest BCUT2D eigenvalue weighted by Crippen LogP contribution is -2.23. The molecular formula is C17H17NO4. The fraction of sp³-hybridized carbons (Fsp3) is 0.176. The number of amides is 1. The van der Waals surface area contributed by atoms with E-state index in [1.165, 1.54) is 14.2 Å². The zero-order chi connectivity index (χ0) is 16.1. The van der Waals surface area contributed by atoms with Crippen molar-refractivity contribution in [2.24, 2.45) is 0 Å². The van der Waals surface area contributed by atoms with Gasteiger partial charge in [0, 0.05) is 11.6 Å². The topological polar surface area (TPSA) is 64.6 Å². The van der Waals surface area contributed by atoms with E-state index in [-0.39, 0.29) is 0 Å². The second-order valence-electron chi connectivity index (χ2n) is 4.72. The van der Waals surface area contributed by atoms with Gasteiger partial charge < -0.3 is 14.8 Å². The standard InChI is InChI=1S/C17H17NO4/c1-11-4-6-12(7-5-11)16(19)17(20)18-14-10-13(21-2)8-9-15(14)22-3/h4-10H,1-3H3,(H,18,20). The molecule has 1 amide bonds. The highest BCUT2D eigenvalue weighted by Crippen LogP contribution is 2.28. The Morgan fingerprint density at radius 3 is 2.23 bits per heavy atom. The number of rotatable bonds is 5. The molecule has 0 radical (unpaired) electrons. The van der Waals surface area contributed by atoms with Crippen molar-refractivity contribution in [3.8, 4) is 11.5 Å². The van der Waals surface area contributed by atoms with Crippen molar-refractivity contribution in [3.05, 3.63) is 53.6 Å². The molecule has 114 valence electrons. The van der Waals surface area contributed by atoms with E-state index in [4.69, 9.17) is 9.47 Å². The summed E-state index contributed by atoms with van der Waals surface area (Å²) in [7, 11) is 3.00. The van der Waals surface area contributed by atoms with Crippen LogP contribution in [0.15, 0.2) is 42.5 Å². The van der Waals surface area contributed by atoms with Gasteiger partial charge in [-0.1, -0.05) is 29.8 Å². The second kappa shape index (κ2) is 6.76. The van der Waals surface area contributed by atoms with Gasteiger partial charge in [0.05, 0.1) is 19.9 Å². The lowest BCUT2D eigenvalue weighted by molar-refractivity contribution is -0.112. The van der Waals surface area contributed by atoms with Crippen molar-refractivity contribution in [1.82, 2.24) is 0 Å². The number of ketones is 1. The fourth-order valence-electron chi connectivity index (χ4n) is 1.93. The predicted octanol–water partition coefficient (Wildman–Crippen LogP) is 2.83. The largest absolute Gasteiger partial charge is 0.497 e. The number of carbonyl (C=O) groups is 2. The molecule has 5 nitrogen and oxygen atoms in total. The van der Waals surface area contributed by atoms with Crippen molar-refractivity contribution in [2.45, 2.75) is 6.92 Å². The number of anilines is 1. The van der Waals surface area contributed by atoms with E-state index in [1.54, 1.807) is 42.5 Å². The van der Waals surface area contributed by atoms with E-state index >= 15 is 0 Å². The third-order valence-electron chi connectivity index (χ3n) is 3.17. The second-order valence-corrected chi connectivity index (χ2v) is 4.72. The van der Waals surface area contributed by atoms with Crippen LogP contribution in [-0.2, 0) is 4.79 Å². The summed E-state index contributed by atoms with van der Waals surface area (Å²) in [6.07, 6.45) is 0. The van der Waals surface area contributed by atoms with E-state index in [1.807, 2.05) is 6.92 Å². The average molecular weight is 299 g/mol. The number of benzene rings is 2. The molecule has 2 aromatic carbocycles. The maximum Gasteiger partial charge on any atom is 0.296 e. The maximum absolute atomic E-state index is 12.1. The molecule has 1 N–H and O–H groups in total. The Morgan fingerprint density at radius 2 is 1.64 bits per heavy atom. The van der Waals surface area contributed by atoms with Gasteiger partial charge in [0.15, 0.2) is 0 Å². The highest BCUT2D eigenvalue weighted by atomic mass is 16.5. The van der Waals surface area contributed by atoms with Crippen LogP contribution in [0.25, 0.3) is 0 Å². The minimum absolute atomic E-state index is 0.338. The van der Waals surface area contributed by atoms with Crippen molar-refractivity contribution in [3.63, 3.8) is 0 Å². The van der Waals surface area contributed by atoms with Crippen LogP contribution >= 0.6 is 0 Å². The van der Waals surface area contributed by atoms with Crippen LogP contribution in [0.2, 0.25) is 0 Å². The number of ether oxygens (including phenoxy) is 2. The molecule has 22 heavy (non-hydrogen) atoms. The lowest BCUT2D eigenvalue weighted by Gasteiger charge is -2.11. The van der Waals surface area contributed by atoms with Gasteiger partial charge in [-0.25, -0.2) is 0 Å². The van der Waals surface area contributed by atoms with Crippen molar-refractivity contribution < 1.29 is 19.1 Å². The third kappa shape index (κ3) is 3.44. The molecule has 0 aromatic heterocycles. The fourth-order valence-corrected chi connectivity index (χ4v) is 1.93. The van der Waals surface area contributed by atoms with Crippen LogP contribution in [0, 0.1) is 6.92 Å².